The highest BCUT2D eigenvalue weighted by atomic mass is 32.2. The first-order chi connectivity index (χ1) is 16.6. The van der Waals surface area contributed by atoms with Crippen LogP contribution >= 0.6 is 11.8 Å². The Kier molecular flexibility index (Phi) is 6.54. The van der Waals surface area contributed by atoms with E-state index in [2.05, 4.69) is 23.5 Å². The number of ether oxygens (including phenoxy) is 1. The van der Waals surface area contributed by atoms with Gasteiger partial charge in [-0.3, -0.25) is 4.79 Å². The lowest BCUT2D eigenvalue weighted by atomic mass is 9.96. The second-order valence-electron chi connectivity index (χ2n) is 8.74. The first-order valence-electron chi connectivity index (χ1n) is 11.6. The topological polar surface area (TPSA) is 82.0 Å². The standard InChI is InChI=1S/C27H28N2O4S/c30-21-13-24(31)26(25(14-21)33-16-18-5-2-1-3-6-18)27(32)29-11-9-19-7-4-8-23(22(19)15-29)28-20-10-12-34-17-20/h1-8,13-14,20,28,30-31H,9-12,15-17H2. The van der Waals surface area contributed by atoms with E-state index in [1.165, 1.54) is 23.4 Å². The van der Waals surface area contributed by atoms with Crippen LogP contribution in [0.1, 0.15) is 33.5 Å². The molecule has 6 nitrogen and oxygen atoms in total. The van der Waals surface area contributed by atoms with E-state index >= 15 is 0 Å². The van der Waals surface area contributed by atoms with Crippen LogP contribution in [0.5, 0.6) is 17.2 Å². The lowest BCUT2D eigenvalue weighted by Gasteiger charge is -2.31. The van der Waals surface area contributed by atoms with E-state index in [-0.39, 0.29) is 35.3 Å². The molecule has 2 aliphatic rings. The van der Waals surface area contributed by atoms with Gasteiger partial charge in [0.25, 0.3) is 5.91 Å². The van der Waals surface area contributed by atoms with Gasteiger partial charge >= 0.3 is 0 Å². The molecule has 1 amide bonds. The van der Waals surface area contributed by atoms with Crippen LogP contribution in [0.2, 0.25) is 0 Å². The van der Waals surface area contributed by atoms with Crippen molar-refractivity contribution in [1.82, 2.24) is 4.90 Å². The zero-order valence-corrected chi connectivity index (χ0v) is 19.7. The molecule has 7 heteroatoms. The lowest BCUT2D eigenvalue weighted by Crippen LogP contribution is -2.37. The molecule has 34 heavy (non-hydrogen) atoms. The summed E-state index contributed by atoms with van der Waals surface area (Å²) in [7, 11) is 0. The Bertz CT molecular complexity index is 1180. The highest BCUT2D eigenvalue weighted by Crippen LogP contribution is 2.36. The number of nitrogens with zero attached hydrogens (tertiary/aromatic N) is 1. The molecule has 0 spiro atoms. The second kappa shape index (κ2) is 9.89. The number of fused-ring (bicyclic) bond motifs is 1. The minimum absolute atomic E-state index is 0.0785. The fraction of sp³-hybridized carbons (Fsp3) is 0.296. The SMILES string of the molecule is O=C(c1c(O)cc(O)cc1OCc1ccccc1)N1CCc2cccc(NC3CCSC3)c2C1. The van der Waals surface area contributed by atoms with E-state index in [0.29, 0.717) is 19.1 Å². The van der Waals surface area contributed by atoms with Gasteiger partial charge in [0.2, 0.25) is 0 Å². The molecule has 1 atom stereocenters. The van der Waals surface area contributed by atoms with E-state index < -0.39 is 0 Å². The highest BCUT2D eigenvalue weighted by Gasteiger charge is 2.29. The molecular weight excluding hydrogens is 448 g/mol. The molecule has 1 unspecified atom stereocenters. The Hall–Kier alpha value is -3.32. The fourth-order valence-corrected chi connectivity index (χ4v) is 5.72. The Morgan fingerprint density at radius 2 is 1.97 bits per heavy atom. The molecule has 0 aliphatic carbocycles. The van der Waals surface area contributed by atoms with Gasteiger partial charge in [-0.15, -0.1) is 0 Å². The molecular formula is C27H28N2O4S. The van der Waals surface area contributed by atoms with Gasteiger partial charge in [-0.25, -0.2) is 0 Å². The van der Waals surface area contributed by atoms with Gasteiger partial charge in [-0.05, 0) is 41.4 Å². The number of nitrogens with one attached hydrogen (secondary N) is 1. The van der Waals surface area contributed by atoms with Crippen LogP contribution in [0, 0.1) is 0 Å². The Labute approximate surface area is 203 Å². The molecule has 1 saturated heterocycles. The summed E-state index contributed by atoms with van der Waals surface area (Å²) in [5, 5.41) is 24.3. The van der Waals surface area contributed by atoms with Crippen molar-refractivity contribution >= 4 is 23.4 Å². The Morgan fingerprint density at radius 1 is 1.12 bits per heavy atom. The molecule has 5 rings (SSSR count). The second-order valence-corrected chi connectivity index (χ2v) is 9.89. The number of phenolic OH excluding ortho intramolecular Hbond substituents is 2. The number of benzene rings is 3. The summed E-state index contributed by atoms with van der Waals surface area (Å²) in [6, 6.07) is 18.9. The largest absolute Gasteiger partial charge is 0.508 e. The van der Waals surface area contributed by atoms with Gasteiger partial charge in [-0.2, -0.15) is 11.8 Å². The number of rotatable bonds is 6. The van der Waals surface area contributed by atoms with E-state index in [0.717, 1.165) is 35.4 Å². The molecule has 0 saturated carbocycles. The van der Waals surface area contributed by atoms with Gasteiger partial charge in [-0.1, -0.05) is 42.5 Å². The Balaban J connectivity index is 1.39. The highest BCUT2D eigenvalue weighted by molar-refractivity contribution is 7.99. The van der Waals surface area contributed by atoms with Crippen LogP contribution in [0.15, 0.2) is 60.7 Å². The molecule has 3 aromatic rings. The van der Waals surface area contributed by atoms with Gasteiger partial charge in [0, 0.05) is 42.7 Å². The average Bonchev–Trinajstić information content (AvgIpc) is 3.36. The van der Waals surface area contributed by atoms with E-state index in [4.69, 9.17) is 4.74 Å². The summed E-state index contributed by atoms with van der Waals surface area (Å²) in [4.78, 5) is 15.4. The van der Waals surface area contributed by atoms with Crippen molar-refractivity contribution in [1.29, 1.82) is 0 Å². The van der Waals surface area contributed by atoms with Crippen molar-refractivity contribution in [3.05, 3.63) is 82.9 Å². The van der Waals surface area contributed by atoms with E-state index in [9.17, 15) is 15.0 Å². The van der Waals surface area contributed by atoms with Crippen molar-refractivity contribution < 1.29 is 19.7 Å². The predicted molar refractivity (Wildman–Crippen MR) is 135 cm³/mol. The van der Waals surface area contributed by atoms with Gasteiger partial charge in [0.05, 0.1) is 0 Å². The minimum atomic E-state index is -0.308. The maximum absolute atomic E-state index is 13.6. The molecule has 2 aliphatic heterocycles. The molecule has 0 bridgehead atoms. The van der Waals surface area contributed by atoms with Crippen molar-refractivity contribution in [2.45, 2.75) is 32.0 Å². The van der Waals surface area contributed by atoms with Crippen LogP contribution in [0.25, 0.3) is 0 Å². The van der Waals surface area contributed by atoms with Crippen molar-refractivity contribution in [3.8, 4) is 17.2 Å². The number of anilines is 1. The first kappa shape index (κ1) is 22.5. The number of hydrogen-bond donors (Lipinski definition) is 3. The zero-order valence-electron chi connectivity index (χ0n) is 18.9. The third kappa shape index (κ3) is 4.80. The predicted octanol–water partition coefficient (Wildman–Crippen LogP) is 4.79. The fourth-order valence-electron chi connectivity index (χ4n) is 4.57. The average molecular weight is 477 g/mol. The maximum Gasteiger partial charge on any atom is 0.261 e. The normalized spacial score (nSPS) is 17.3. The molecule has 3 aromatic carbocycles. The number of thioether (sulfide) groups is 1. The third-order valence-corrected chi connectivity index (χ3v) is 7.53. The summed E-state index contributed by atoms with van der Waals surface area (Å²) in [5.74, 6) is 1.69. The summed E-state index contributed by atoms with van der Waals surface area (Å²) in [5.41, 5.74) is 4.46. The van der Waals surface area contributed by atoms with Gasteiger partial charge < -0.3 is 25.2 Å². The number of carbonyl (C=O) groups is 1. The number of aromatic hydroxyl groups is 2. The molecule has 0 radical (unpaired) electrons. The number of phenols is 2. The molecule has 176 valence electrons. The number of amides is 1. The third-order valence-electron chi connectivity index (χ3n) is 6.37. The van der Waals surface area contributed by atoms with Crippen LogP contribution in [-0.4, -0.2) is 45.1 Å². The van der Waals surface area contributed by atoms with E-state index in [1.54, 1.807) is 4.90 Å². The Morgan fingerprint density at radius 3 is 2.76 bits per heavy atom. The van der Waals surface area contributed by atoms with Crippen molar-refractivity contribution in [3.63, 3.8) is 0 Å². The molecule has 1 fully saturated rings. The van der Waals surface area contributed by atoms with Crippen LogP contribution < -0.4 is 10.1 Å². The van der Waals surface area contributed by atoms with Crippen molar-refractivity contribution in [2.75, 3.05) is 23.4 Å². The van der Waals surface area contributed by atoms with Crippen molar-refractivity contribution in [2.24, 2.45) is 0 Å². The van der Waals surface area contributed by atoms with Crippen LogP contribution in [-0.2, 0) is 19.6 Å². The quantitative estimate of drug-likeness (QED) is 0.475. The first-order valence-corrected chi connectivity index (χ1v) is 12.7. The van der Waals surface area contributed by atoms with Crippen LogP contribution in [0.3, 0.4) is 0 Å². The zero-order chi connectivity index (χ0) is 23.5. The van der Waals surface area contributed by atoms with Crippen LogP contribution in [0.4, 0.5) is 5.69 Å². The molecule has 2 heterocycles. The molecule has 3 N–H and O–H groups in total. The lowest BCUT2D eigenvalue weighted by molar-refractivity contribution is 0.0727. The summed E-state index contributed by atoms with van der Waals surface area (Å²) in [6.45, 7) is 1.23. The number of carbonyl (C=O) groups excluding carboxylic acids is 1. The number of hydrogen-bond acceptors (Lipinski definition) is 6. The molecule has 0 aromatic heterocycles. The minimum Gasteiger partial charge on any atom is -0.508 e. The summed E-state index contributed by atoms with van der Waals surface area (Å²) < 4.78 is 5.90. The van der Waals surface area contributed by atoms with Gasteiger partial charge in [0.15, 0.2) is 0 Å². The monoisotopic (exact) mass is 476 g/mol. The van der Waals surface area contributed by atoms with Gasteiger partial charge in [0.1, 0.15) is 29.4 Å². The van der Waals surface area contributed by atoms with E-state index in [1.807, 2.05) is 42.1 Å². The summed E-state index contributed by atoms with van der Waals surface area (Å²) in [6.07, 6.45) is 1.88. The summed E-state index contributed by atoms with van der Waals surface area (Å²) >= 11 is 1.96. The smallest absolute Gasteiger partial charge is 0.261 e. The maximum atomic E-state index is 13.6.